The van der Waals surface area contributed by atoms with E-state index in [0.29, 0.717) is 17.5 Å². The highest BCUT2D eigenvalue weighted by Gasteiger charge is 2.29. The second-order valence-corrected chi connectivity index (χ2v) is 7.03. The Bertz CT molecular complexity index is 448. The van der Waals surface area contributed by atoms with Crippen molar-refractivity contribution in [2.45, 2.75) is 59.0 Å². The maximum absolute atomic E-state index is 10.5. The summed E-state index contributed by atoms with van der Waals surface area (Å²) in [5.74, 6) is 2.02. The Balaban J connectivity index is 1.94. The lowest BCUT2D eigenvalue weighted by atomic mass is 9.74. The zero-order chi connectivity index (χ0) is 14.9. The number of halogens is 1. The molecule has 114 valence electrons. The molecule has 1 heterocycles. The summed E-state index contributed by atoms with van der Waals surface area (Å²) in [6, 6.07) is 0. The van der Waals surface area contributed by atoms with Crippen LogP contribution in [0.3, 0.4) is 0 Å². The van der Waals surface area contributed by atoms with Gasteiger partial charge in [0.05, 0.1) is 11.8 Å². The van der Waals surface area contributed by atoms with Crippen LogP contribution in [0, 0.1) is 24.7 Å². The Hall–Kier alpha value is -0.540. The maximum Gasteiger partial charge on any atom is 0.130 e. The van der Waals surface area contributed by atoms with Crippen molar-refractivity contribution < 1.29 is 5.11 Å². The largest absolute Gasteiger partial charge is 0.392 e. The fraction of sp³-hybridized carbons (Fsp3) is 0.812. The van der Waals surface area contributed by atoms with E-state index in [1.807, 2.05) is 14.0 Å². The number of hydrogen-bond donors (Lipinski definition) is 1. The molecule has 20 heavy (non-hydrogen) atoms. The number of aliphatic hydroxyl groups excluding tert-OH is 1. The molecule has 1 fully saturated rings. The van der Waals surface area contributed by atoms with E-state index in [0.717, 1.165) is 35.9 Å². The van der Waals surface area contributed by atoms with E-state index in [1.165, 1.54) is 12.8 Å². The van der Waals surface area contributed by atoms with Crippen LogP contribution < -0.4 is 0 Å². The lowest BCUT2D eigenvalue weighted by molar-refractivity contribution is 0.0674. The first-order valence-corrected chi connectivity index (χ1v) is 8.14. The van der Waals surface area contributed by atoms with Crippen LogP contribution in [0.1, 0.15) is 50.8 Å². The van der Waals surface area contributed by atoms with Crippen molar-refractivity contribution in [1.82, 2.24) is 9.78 Å². The molecule has 1 N–H and O–H groups in total. The molecule has 1 aromatic rings. The summed E-state index contributed by atoms with van der Waals surface area (Å²) < 4.78 is 1.69. The summed E-state index contributed by atoms with van der Waals surface area (Å²) in [4.78, 5) is 0. The normalized spacial score (nSPS) is 25.1. The molecule has 0 aliphatic heterocycles. The smallest absolute Gasteiger partial charge is 0.130 e. The second-order valence-electron chi connectivity index (χ2n) is 6.67. The van der Waals surface area contributed by atoms with E-state index in [2.05, 4.69) is 18.9 Å². The van der Waals surface area contributed by atoms with Gasteiger partial charge < -0.3 is 5.11 Å². The number of hydrogen-bond acceptors (Lipinski definition) is 2. The van der Waals surface area contributed by atoms with Crippen LogP contribution in [0.4, 0.5) is 0 Å². The first-order valence-electron chi connectivity index (χ1n) is 7.76. The lowest BCUT2D eigenvalue weighted by Gasteiger charge is -2.33. The Labute approximate surface area is 127 Å². The monoisotopic (exact) mass is 298 g/mol. The predicted octanol–water partition coefficient (Wildman–Crippen LogP) is 3.75. The van der Waals surface area contributed by atoms with E-state index < -0.39 is 0 Å². The van der Waals surface area contributed by atoms with E-state index in [4.69, 9.17) is 11.6 Å². The number of rotatable bonds is 4. The van der Waals surface area contributed by atoms with Gasteiger partial charge in [0, 0.05) is 19.0 Å². The molecule has 1 atom stereocenters. The third kappa shape index (κ3) is 3.37. The van der Waals surface area contributed by atoms with Crippen molar-refractivity contribution in [1.29, 1.82) is 0 Å². The maximum atomic E-state index is 10.5. The van der Waals surface area contributed by atoms with Gasteiger partial charge in [-0.3, -0.25) is 4.68 Å². The SMILES string of the molecule is Cc1nn(C)c(Cl)c1CC(O)C1CCC(C(C)C)CC1. The Morgan fingerprint density at radius 2 is 1.80 bits per heavy atom. The molecule has 1 aliphatic carbocycles. The standard InChI is InChI=1S/C16H27ClN2O/c1-10(2)12-5-7-13(8-6-12)15(20)9-14-11(3)18-19(4)16(14)17/h10,12-13,15,20H,5-9H2,1-4H3. The fourth-order valence-corrected chi connectivity index (χ4v) is 3.73. The van der Waals surface area contributed by atoms with Crippen molar-refractivity contribution in [3.05, 3.63) is 16.4 Å². The van der Waals surface area contributed by atoms with Crippen molar-refractivity contribution in [2.24, 2.45) is 24.8 Å². The average molecular weight is 299 g/mol. The van der Waals surface area contributed by atoms with Gasteiger partial charge in [0.2, 0.25) is 0 Å². The molecule has 2 rings (SSSR count). The number of nitrogens with zero attached hydrogens (tertiary/aromatic N) is 2. The second kappa shape index (κ2) is 6.48. The Morgan fingerprint density at radius 1 is 1.25 bits per heavy atom. The van der Waals surface area contributed by atoms with E-state index in [1.54, 1.807) is 4.68 Å². The topological polar surface area (TPSA) is 38.0 Å². The van der Waals surface area contributed by atoms with Crippen molar-refractivity contribution >= 4 is 11.6 Å². The molecule has 4 heteroatoms. The molecular weight excluding hydrogens is 272 g/mol. The van der Waals surface area contributed by atoms with E-state index >= 15 is 0 Å². The predicted molar refractivity (Wildman–Crippen MR) is 83.0 cm³/mol. The zero-order valence-corrected chi connectivity index (χ0v) is 13.8. The van der Waals surface area contributed by atoms with Gasteiger partial charge in [-0.1, -0.05) is 25.4 Å². The molecule has 1 aliphatic rings. The molecule has 1 unspecified atom stereocenters. The fourth-order valence-electron chi connectivity index (χ4n) is 3.48. The van der Waals surface area contributed by atoms with Crippen LogP contribution in [0.15, 0.2) is 0 Å². The molecule has 0 radical (unpaired) electrons. The molecule has 0 amide bonds. The van der Waals surface area contributed by atoms with E-state index in [9.17, 15) is 5.11 Å². The summed E-state index contributed by atoms with van der Waals surface area (Å²) in [6.07, 6.45) is 5.12. The van der Waals surface area contributed by atoms with Gasteiger partial charge in [0.25, 0.3) is 0 Å². The van der Waals surface area contributed by atoms with Crippen LogP contribution in [0.25, 0.3) is 0 Å². The summed E-state index contributed by atoms with van der Waals surface area (Å²) in [5.41, 5.74) is 1.94. The van der Waals surface area contributed by atoms with Gasteiger partial charge in [0.1, 0.15) is 5.15 Å². The quantitative estimate of drug-likeness (QED) is 0.919. The van der Waals surface area contributed by atoms with Crippen molar-refractivity contribution in [2.75, 3.05) is 0 Å². The highest BCUT2D eigenvalue weighted by molar-refractivity contribution is 6.30. The third-order valence-corrected chi connectivity index (χ3v) is 5.46. The molecular formula is C16H27ClN2O. The van der Waals surface area contributed by atoms with Gasteiger partial charge in [-0.15, -0.1) is 0 Å². The molecule has 0 bridgehead atoms. The van der Waals surface area contributed by atoms with Crippen LogP contribution in [-0.2, 0) is 13.5 Å². The molecule has 1 aromatic heterocycles. The minimum absolute atomic E-state index is 0.288. The van der Waals surface area contributed by atoms with Crippen LogP contribution in [-0.4, -0.2) is 21.0 Å². The van der Waals surface area contributed by atoms with Crippen molar-refractivity contribution in [3.63, 3.8) is 0 Å². The number of aliphatic hydroxyl groups is 1. The molecule has 3 nitrogen and oxygen atoms in total. The van der Waals surface area contributed by atoms with Gasteiger partial charge in [-0.05, 0) is 50.4 Å². The highest BCUT2D eigenvalue weighted by Crippen LogP contribution is 2.36. The third-order valence-electron chi connectivity index (χ3n) is 4.99. The van der Waals surface area contributed by atoms with Crippen molar-refractivity contribution in [3.8, 4) is 0 Å². The summed E-state index contributed by atoms with van der Waals surface area (Å²) >= 11 is 6.25. The Kier molecular flexibility index (Phi) is 5.14. The molecule has 0 spiro atoms. The van der Waals surface area contributed by atoms with Crippen LogP contribution >= 0.6 is 11.6 Å². The van der Waals surface area contributed by atoms with Gasteiger partial charge >= 0.3 is 0 Å². The summed E-state index contributed by atoms with van der Waals surface area (Å²) in [5, 5.41) is 15.5. The number of aromatic nitrogens is 2. The van der Waals surface area contributed by atoms with Gasteiger partial charge in [0.15, 0.2) is 0 Å². The average Bonchev–Trinajstić information content (AvgIpc) is 2.65. The molecule has 0 aromatic carbocycles. The summed E-state index contributed by atoms with van der Waals surface area (Å²) in [7, 11) is 1.85. The van der Waals surface area contributed by atoms with Crippen LogP contribution in [0.5, 0.6) is 0 Å². The zero-order valence-electron chi connectivity index (χ0n) is 13.1. The Morgan fingerprint density at radius 3 is 2.25 bits per heavy atom. The lowest BCUT2D eigenvalue weighted by Crippen LogP contribution is -2.29. The van der Waals surface area contributed by atoms with Gasteiger partial charge in [-0.25, -0.2) is 0 Å². The van der Waals surface area contributed by atoms with Gasteiger partial charge in [-0.2, -0.15) is 5.10 Å². The molecule has 1 saturated carbocycles. The minimum Gasteiger partial charge on any atom is -0.392 e. The number of aryl methyl sites for hydroxylation is 2. The van der Waals surface area contributed by atoms with Crippen LogP contribution in [0.2, 0.25) is 5.15 Å². The minimum atomic E-state index is -0.288. The first-order chi connectivity index (χ1) is 9.40. The first kappa shape index (κ1) is 15.8. The summed E-state index contributed by atoms with van der Waals surface area (Å²) in [6.45, 7) is 6.57. The highest BCUT2D eigenvalue weighted by atomic mass is 35.5. The van der Waals surface area contributed by atoms with E-state index in [-0.39, 0.29) is 6.10 Å². The molecule has 0 saturated heterocycles.